The number of hydrogen-bond donors (Lipinski definition) is 0. The molecular formula is C25H32ClN3O5. The molecule has 1 aromatic heterocycles. The molecule has 0 amide bonds. The molecule has 0 saturated heterocycles. The molecule has 0 bridgehead atoms. The molecular weight excluding hydrogens is 458 g/mol. The highest BCUT2D eigenvalue weighted by Gasteiger charge is 2.26. The van der Waals surface area contributed by atoms with E-state index in [1.165, 1.54) is 14.0 Å². The molecule has 0 fully saturated rings. The van der Waals surface area contributed by atoms with Crippen molar-refractivity contribution in [2.75, 3.05) is 20.3 Å². The van der Waals surface area contributed by atoms with Gasteiger partial charge in [0, 0.05) is 20.6 Å². The summed E-state index contributed by atoms with van der Waals surface area (Å²) >= 11 is 6.58. The van der Waals surface area contributed by atoms with E-state index in [2.05, 4.69) is 31.9 Å². The molecule has 0 radical (unpaired) electrons. The third kappa shape index (κ3) is 6.75. The summed E-state index contributed by atoms with van der Waals surface area (Å²) < 4.78 is 22.7. The Hall–Kier alpha value is -3.02. The Bertz CT molecular complexity index is 1060. The van der Waals surface area contributed by atoms with E-state index >= 15 is 0 Å². The minimum absolute atomic E-state index is 0.0405. The molecule has 0 aliphatic heterocycles. The van der Waals surface area contributed by atoms with Crippen molar-refractivity contribution in [3.05, 3.63) is 51.8 Å². The predicted molar refractivity (Wildman–Crippen MR) is 130 cm³/mol. The highest BCUT2D eigenvalue weighted by Crippen LogP contribution is 2.35. The topological polar surface area (TPSA) is 95.6 Å². The maximum absolute atomic E-state index is 12.0. The van der Waals surface area contributed by atoms with Crippen molar-refractivity contribution >= 4 is 29.1 Å². The van der Waals surface area contributed by atoms with Crippen LogP contribution in [0.3, 0.4) is 0 Å². The second-order valence-corrected chi connectivity index (χ2v) is 8.98. The van der Waals surface area contributed by atoms with Crippen LogP contribution in [0.1, 0.15) is 57.1 Å². The van der Waals surface area contributed by atoms with Gasteiger partial charge in [-0.15, -0.1) is 0 Å². The van der Waals surface area contributed by atoms with Gasteiger partial charge in [-0.3, -0.25) is 4.68 Å². The Morgan fingerprint density at radius 2 is 1.85 bits per heavy atom. The Morgan fingerprint density at radius 3 is 2.38 bits per heavy atom. The number of hydrogen-bond acceptors (Lipinski definition) is 7. The number of carbonyl (C=O) groups is 1. The van der Waals surface area contributed by atoms with Crippen molar-refractivity contribution in [2.24, 2.45) is 0 Å². The minimum Gasteiger partial charge on any atom is -0.451 e. The van der Waals surface area contributed by atoms with Gasteiger partial charge in [0.2, 0.25) is 6.29 Å². The van der Waals surface area contributed by atoms with E-state index in [0.29, 0.717) is 28.5 Å². The fourth-order valence-electron chi connectivity index (χ4n) is 3.19. The van der Waals surface area contributed by atoms with Crippen molar-refractivity contribution in [1.82, 2.24) is 9.78 Å². The number of rotatable bonds is 9. The zero-order valence-electron chi connectivity index (χ0n) is 20.8. The second kappa shape index (κ2) is 11.9. The molecule has 1 atom stereocenters. The first-order chi connectivity index (χ1) is 16.0. The number of allylic oxidation sites excluding steroid dienone is 1. The Kier molecular flexibility index (Phi) is 9.54. The standard InChI is InChI=1S/C25H32ClN3O5/c1-8-29-22(21(26)16(2)28-29)23(33-17(3)34-24(30)32-14-13-31-7)20(15-27)18-9-11-19(12-10-18)25(4,5)6/h9-12,17H,8,13-14H2,1-7H3/b23-20-. The average Bonchev–Trinajstić information content (AvgIpc) is 3.07. The van der Waals surface area contributed by atoms with E-state index in [4.69, 9.17) is 30.5 Å². The average molecular weight is 490 g/mol. The number of nitrogens with zero attached hydrogens (tertiary/aromatic N) is 3. The van der Waals surface area contributed by atoms with Crippen LogP contribution >= 0.6 is 11.6 Å². The summed E-state index contributed by atoms with van der Waals surface area (Å²) in [4.78, 5) is 12.0. The summed E-state index contributed by atoms with van der Waals surface area (Å²) in [7, 11) is 1.50. The molecule has 1 unspecified atom stereocenters. The van der Waals surface area contributed by atoms with Gasteiger partial charge in [0.05, 0.1) is 17.3 Å². The fourth-order valence-corrected chi connectivity index (χ4v) is 3.41. The van der Waals surface area contributed by atoms with E-state index < -0.39 is 12.4 Å². The van der Waals surface area contributed by atoms with Gasteiger partial charge < -0.3 is 18.9 Å². The van der Waals surface area contributed by atoms with Crippen molar-refractivity contribution < 1.29 is 23.7 Å². The summed E-state index contributed by atoms with van der Waals surface area (Å²) in [6, 6.07) is 9.90. The molecule has 9 heteroatoms. The van der Waals surface area contributed by atoms with Gasteiger partial charge in [-0.1, -0.05) is 56.6 Å². The number of carbonyl (C=O) groups excluding carboxylic acids is 1. The monoisotopic (exact) mass is 489 g/mol. The number of benzene rings is 1. The Balaban J connectivity index is 2.53. The lowest BCUT2D eigenvalue weighted by Gasteiger charge is -2.21. The third-order valence-corrected chi connectivity index (χ3v) is 5.45. The first-order valence-electron chi connectivity index (χ1n) is 11.0. The molecule has 34 heavy (non-hydrogen) atoms. The number of nitriles is 1. The van der Waals surface area contributed by atoms with Crippen molar-refractivity contribution in [3.63, 3.8) is 0 Å². The van der Waals surface area contributed by atoms with Crippen LogP contribution in [0, 0.1) is 18.3 Å². The maximum Gasteiger partial charge on any atom is 0.511 e. The molecule has 0 aliphatic rings. The molecule has 1 aromatic carbocycles. The molecule has 1 heterocycles. The van der Waals surface area contributed by atoms with E-state index in [1.807, 2.05) is 31.2 Å². The summed E-state index contributed by atoms with van der Waals surface area (Å²) in [5.41, 5.74) is 2.98. The smallest absolute Gasteiger partial charge is 0.451 e. The predicted octanol–water partition coefficient (Wildman–Crippen LogP) is 5.72. The normalized spacial score (nSPS) is 13.0. The van der Waals surface area contributed by atoms with Crippen LogP contribution in [-0.2, 0) is 30.9 Å². The summed E-state index contributed by atoms with van der Waals surface area (Å²) in [6.45, 7) is 12.3. The SMILES string of the molecule is CCn1nc(C)c(Cl)c1/C(OC(C)OC(=O)OCCOC)=C(\C#N)c1ccc(C(C)(C)C)cc1. The summed E-state index contributed by atoms with van der Waals surface area (Å²) in [5, 5.41) is 14.9. The quantitative estimate of drug-likeness (QED) is 0.146. The molecule has 0 N–H and O–H groups in total. The highest BCUT2D eigenvalue weighted by atomic mass is 35.5. The van der Waals surface area contributed by atoms with Crippen LogP contribution in [0.5, 0.6) is 0 Å². The zero-order chi connectivity index (χ0) is 25.5. The van der Waals surface area contributed by atoms with Crippen LogP contribution in [0.15, 0.2) is 24.3 Å². The van der Waals surface area contributed by atoms with Crippen LogP contribution in [0.4, 0.5) is 4.79 Å². The van der Waals surface area contributed by atoms with Gasteiger partial charge in [0.15, 0.2) is 5.76 Å². The molecule has 8 nitrogen and oxygen atoms in total. The number of halogens is 1. The van der Waals surface area contributed by atoms with E-state index in [0.717, 1.165) is 5.56 Å². The molecule has 0 spiro atoms. The largest absolute Gasteiger partial charge is 0.511 e. The first-order valence-corrected chi connectivity index (χ1v) is 11.4. The zero-order valence-corrected chi connectivity index (χ0v) is 21.5. The van der Waals surface area contributed by atoms with Gasteiger partial charge in [-0.2, -0.15) is 10.4 Å². The van der Waals surface area contributed by atoms with Crippen LogP contribution in [0.25, 0.3) is 11.3 Å². The number of aromatic nitrogens is 2. The van der Waals surface area contributed by atoms with Gasteiger partial charge in [0.25, 0.3) is 0 Å². The molecule has 0 saturated carbocycles. The van der Waals surface area contributed by atoms with E-state index in [-0.39, 0.29) is 30.0 Å². The second-order valence-electron chi connectivity index (χ2n) is 8.60. The lowest BCUT2D eigenvalue weighted by molar-refractivity contribution is -0.0700. The highest BCUT2D eigenvalue weighted by molar-refractivity contribution is 6.33. The Labute approximate surface area is 206 Å². The van der Waals surface area contributed by atoms with Crippen LogP contribution < -0.4 is 0 Å². The molecule has 184 valence electrons. The van der Waals surface area contributed by atoms with Crippen LogP contribution in [-0.4, -0.2) is 42.5 Å². The van der Waals surface area contributed by atoms with E-state index in [1.54, 1.807) is 11.6 Å². The van der Waals surface area contributed by atoms with Crippen LogP contribution in [0.2, 0.25) is 5.02 Å². The number of aryl methyl sites for hydroxylation is 2. The maximum atomic E-state index is 12.0. The third-order valence-electron chi connectivity index (χ3n) is 5.00. The van der Waals surface area contributed by atoms with E-state index in [9.17, 15) is 10.1 Å². The van der Waals surface area contributed by atoms with Gasteiger partial charge in [-0.05, 0) is 30.4 Å². The van der Waals surface area contributed by atoms with Crippen molar-refractivity contribution in [3.8, 4) is 6.07 Å². The lowest BCUT2D eigenvalue weighted by Crippen LogP contribution is -2.21. The lowest BCUT2D eigenvalue weighted by atomic mass is 9.86. The van der Waals surface area contributed by atoms with Crippen molar-refractivity contribution in [2.45, 2.75) is 59.8 Å². The van der Waals surface area contributed by atoms with Gasteiger partial charge in [-0.25, -0.2) is 4.79 Å². The molecule has 0 aliphatic carbocycles. The molecule has 2 aromatic rings. The van der Waals surface area contributed by atoms with Gasteiger partial charge >= 0.3 is 6.16 Å². The molecule has 2 rings (SSSR count). The fraction of sp³-hybridized carbons (Fsp3) is 0.480. The van der Waals surface area contributed by atoms with Crippen molar-refractivity contribution in [1.29, 1.82) is 5.26 Å². The number of methoxy groups -OCH3 is 1. The summed E-state index contributed by atoms with van der Waals surface area (Å²) in [6.07, 6.45) is -1.98. The Morgan fingerprint density at radius 1 is 1.21 bits per heavy atom. The number of ether oxygens (including phenoxy) is 4. The first kappa shape index (κ1) is 27.2. The van der Waals surface area contributed by atoms with Gasteiger partial charge in [0.1, 0.15) is 23.9 Å². The summed E-state index contributed by atoms with van der Waals surface area (Å²) in [5.74, 6) is 0.163. The minimum atomic E-state index is -1.07.